The Morgan fingerprint density at radius 2 is 0.846 bits per heavy atom. The molecule has 0 atom stereocenters. The maximum Gasteiger partial charge on any atom is 0.0476 e. The Morgan fingerprint density at radius 1 is 0.288 bits per heavy atom. The summed E-state index contributed by atoms with van der Waals surface area (Å²) in [5, 5.41) is 7.66. The lowest BCUT2D eigenvalue weighted by atomic mass is 9.95. The van der Waals surface area contributed by atoms with E-state index in [9.17, 15) is 0 Å². The zero-order chi connectivity index (χ0) is 34.4. The van der Waals surface area contributed by atoms with Crippen molar-refractivity contribution >= 4 is 70.1 Å². The molecular formula is C50H33NS. The lowest BCUT2D eigenvalue weighted by Gasteiger charge is -2.26. The predicted octanol–water partition coefficient (Wildman–Crippen LogP) is 14.8. The highest BCUT2D eigenvalue weighted by molar-refractivity contribution is 7.25. The van der Waals surface area contributed by atoms with Gasteiger partial charge in [0.1, 0.15) is 0 Å². The second-order valence-electron chi connectivity index (χ2n) is 13.4. The average Bonchev–Trinajstić information content (AvgIpc) is 3.59. The van der Waals surface area contributed by atoms with Gasteiger partial charge in [-0.05, 0) is 110 Å². The van der Waals surface area contributed by atoms with Crippen LogP contribution in [0, 0.1) is 0 Å². The number of fused-ring (bicyclic) bond motifs is 5. The van der Waals surface area contributed by atoms with E-state index in [0.717, 1.165) is 17.1 Å². The van der Waals surface area contributed by atoms with Gasteiger partial charge in [-0.3, -0.25) is 0 Å². The van der Waals surface area contributed by atoms with Gasteiger partial charge in [-0.15, -0.1) is 11.3 Å². The number of nitrogens with zero attached hydrogens (tertiary/aromatic N) is 1. The van der Waals surface area contributed by atoms with Crippen molar-refractivity contribution in [2.24, 2.45) is 0 Å². The van der Waals surface area contributed by atoms with Crippen LogP contribution in [0.4, 0.5) is 17.1 Å². The first-order valence-electron chi connectivity index (χ1n) is 17.7. The summed E-state index contributed by atoms with van der Waals surface area (Å²) in [6, 6.07) is 73.0. The van der Waals surface area contributed by atoms with E-state index in [1.807, 2.05) is 11.3 Å². The molecule has 0 unspecified atom stereocenters. The third-order valence-electron chi connectivity index (χ3n) is 10.3. The molecule has 0 aliphatic carbocycles. The monoisotopic (exact) mass is 679 g/mol. The van der Waals surface area contributed by atoms with Gasteiger partial charge in [-0.25, -0.2) is 0 Å². The molecule has 0 saturated heterocycles. The van der Waals surface area contributed by atoms with Gasteiger partial charge < -0.3 is 4.90 Å². The number of anilines is 3. The van der Waals surface area contributed by atoms with Gasteiger partial charge in [0.05, 0.1) is 0 Å². The van der Waals surface area contributed by atoms with Gasteiger partial charge in [0.25, 0.3) is 0 Å². The Balaban J connectivity index is 1.04. The van der Waals surface area contributed by atoms with Crippen LogP contribution in [0.25, 0.3) is 75.1 Å². The molecule has 0 spiro atoms. The highest BCUT2D eigenvalue weighted by Crippen LogP contribution is 2.42. The largest absolute Gasteiger partial charge is 0.310 e. The van der Waals surface area contributed by atoms with Crippen LogP contribution in [0.15, 0.2) is 200 Å². The summed E-state index contributed by atoms with van der Waals surface area (Å²) >= 11 is 1.86. The van der Waals surface area contributed by atoms with Crippen LogP contribution in [0.2, 0.25) is 0 Å². The Bertz CT molecular complexity index is 2890. The molecule has 1 heterocycles. The summed E-state index contributed by atoms with van der Waals surface area (Å²) in [4.78, 5) is 2.38. The molecule has 0 saturated carbocycles. The molecule has 2 heteroatoms. The maximum absolute atomic E-state index is 2.38. The minimum absolute atomic E-state index is 1.12. The van der Waals surface area contributed by atoms with Gasteiger partial charge >= 0.3 is 0 Å². The van der Waals surface area contributed by atoms with Crippen molar-refractivity contribution in [2.75, 3.05) is 4.90 Å². The molecule has 9 aromatic carbocycles. The minimum Gasteiger partial charge on any atom is -0.310 e. The van der Waals surface area contributed by atoms with Crippen molar-refractivity contribution in [3.8, 4) is 33.4 Å². The van der Waals surface area contributed by atoms with Crippen molar-refractivity contribution in [3.63, 3.8) is 0 Å². The lowest BCUT2D eigenvalue weighted by molar-refractivity contribution is 1.29. The average molecular weight is 680 g/mol. The number of thiophene rings is 1. The number of hydrogen-bond donors (Lipinski definition) is 0. The quantitative estimate of drug-likeness (QED) is 0.169. The molecule has 0 radical (unpaired) electrons. The Labute approximate surface area is 307 Å². The summed E-state index contributed by atoms with van der Waals surface area (Å²) in [6.07, 6.45) is 0. The molecule has 0 aliphatic heterocycles. The molecule has 0 N–H and O–H groups in total. The SMILES string of the molecule is c1cc(-c2ccc(N(c3ccc(-c4ccc5ccccc5c4)cc3)c3ccc4c(c3)sc3ccccc34)cc2)cc(-c2cccc3ccccc23)c1. The van der Waals surface area contributed by atoms with E-state index in [4.69, 9.17) is 0 Å². The second kappa shape index (κ2) is 12.7. The molecule has 10 aromatic rings. The first-order valence-corrected chi connectivity index (χ1v) is 18.6. The van der Waals surface area contributed by atoms with Gasteiger partial charge in [-0.2, -0.15) is 0 Å². The normalized spacial score (nSPS) is 11.5. The van der Waals surface area contributed by atoms with E-state index in [1.165, 1.54) is 75.1 Å². The van der Waals surface area contributed by atoms with Gasteiger partial charge in [0.2, 0.25) is 0 Å². The Morgan fingerprint density at radius 3 is 1.63 bits per heavy atom. The van der Waals surface area contributed by atoms with Crippen LogP contribution in [-0.4, -0.2) is 0 Å². The third-order valence-corrected chi connectivity index (χ3v) is 11.4. The molecule has 0 amide bonds. The van der Waals surface area contributed by atoms with Crippen LogP contribution >= 0.6 is 11.3 Å². The van der Waals surface area contributed by atoms with Gasteiger partial charge in [-0.1, -0.05) is 146 Å². The Hall–Kier alpha value is -6.48. The van der Waals surface area contributed by atoms with Crippen molar-refractivity contribution in [1.29, 1.82) is 0 Å². The number of benzene rings is 9. The van der Waals surface area contributed by atoms with Crippen LogP contribution in [0.5, 0.6) is 0 Å². The molecule has 244 valence electrons. The van der Waals surface area contributed by atoms with Gasteiger partial charge in [0, 0.05) is 37.2 Å². The zero-order valence-electron chi connectivity index (χ0n) is 28.4. The van der Waals surface area contributed by atoms with Crippen molar-refractivity contribution in [2.45, 2.75) is 0 Å². The molecule has 10 rings (SSSR count). The summed E-state index contributed by atoms with van der Waals surface area (Å²) in [5.41, 5.74) is 10.7. The maximum atomic E-state index is 2.38. The fraction of sp³-hybridized carbons (Fsp3) is 0. The zero-order valence-corrected chi connectivity index (χ0v) is 29.2. The smallest absolute Gasteiger partial charge is 0.0476 e. The second-order valence-corrected chi connectivity index (χ2v) is 14.5. The molecule has 1 nitrogen and oxygen atoms in total. The summed E-state index contributed by atoms with van der Waals surface area (Å²) < 4.78 is 2.61. The van der Waals surface area contributed by atoms with E-state index < -0.39 is 0 Å². The molecule has 0 aliphatic rings. The highest BCUT2D eigenvalue weighted by atomic mass is 32.1. The van der Waals surface area contributed by atoms with Crippen LogP contribution in [0.3, 0.4) is 0 Å². The summed E-state index contributed by atoms with van der Waals surface area (Å²) in [7, 11) is 0. The van der Waals surface area contributed by atoms with Crippen molar-refractivity contribution in [3.05, 3.63) is 200 Å². The minimum atomic E-state index is 1.12. The number of hydrogen-bond acceptors (Lipinski definition) is 2. The summed E-state index contributed by atoms with van der Waals surface area (Å²) in [6.45, 7) is 0. The fourth-order valence-corrected chi connectivity index (χ4v) is 8.76. The molecule has 52 heavy (non-hydrogen) atoms. The van der Waals surface area contributed by atoms with E-state index in [-0.39, 0.29) is 0 Å². The van der Waals surface area contributed by atoms with Gasteiger partial charge in [0.15, 0.2) is 0 Å². The first-order chi connectivity index (χ1) is 25.7. The third kappa shape index (κ3) is 5.42. The Kier molecular flexibility index (Phi) is 7.41. The van der Waals surface area contributed by atoms with Crippen LogP contribution in [0.1, 0.15) is 0 Å². The fourth-order valence-electron chi connectivity index (χ4n) is 7.62. The standard InChI is InChI=1S/C50H33NS/c1-2-11-38-31-40(20-19-34(38)9-1)36-23-27-43(28-24-36)51(44-29-30-48-47-16-5-6-18-49(47)52-50(48)33-44)42-25-21-35(22-26-42)39-13-7-14-41(32-39)46-17-8-12-37-10-3-4-15-45(37)46/h1-33H. The van der Waals surface area contributed by atoms with Crippen molar-refractivity contribution < 1.29 is 0 Å². The van der Waals surface area contributed by atoms with E-state index >= 15 is 0 Å². The van der Waals surface area contributed by atoms with E-state index in [1.54, 1.807) is 0 Å². The first kappa shape index (κ1) is 30.4. The number of rotatable bonds is 6. The van der Waals surface area contributed by atoms with Crippen LogP contribution in [-0.2, 0) is 0 Å². The molecular weight excluding hydrogens is 647 g/mol. The van der Waals surface area contributed by atoms with Crippen LogP contribution < -0.4 is 4.90 Å². The van der Waals surface area contributed by atoms with E-state index in [0.29, 0.717) is 0 Å². The van der Waals surface area contributed by atoms with E-state index in [2.05, 4.69) is 205 Å². The topological polar surface area (TPSA) is 3.24 Å². The molecule has 0 bridgehead atoms. The predicted molar refractivity (Wildman–Crippen MR) is 225 cm³/mol. The molecule has 0 fully saturated rings. The lowest BCUT2D eigenvalue weighted by Crippen LogP contribution is -2.09. The van der Waals surface area contributed by atoms with Crippen molar-refractivity contribution in [1.82, 2.24) is 0 Å². The highest BCUT2D eigenvalue weighted by Gasteiger charge is 2.16. The molecule has 1 aromatic heterocycles. The summed E-state index contributed by atoms with van der Waals surface area (Å²) in [5.74, 6) is 0.